The van der Waals surface area contributed by atoms with Gasteiger partial charge in [-0.15, -0.1) is 10.2 Å². The highest BCUT2D eigenvalue weighted by molar-refractivity contribution is 6.30. The van der Waals surface area contributed by atoms with Crippen LogP contribution in [0.5, 0.6) is 0 Å². The fourth-order valence-corrected chi connectivity index (χ4v) is 2.73. The van der Waals surface area contributed by atoms with Crippen LogP contribution in [-0.4, -0.2) is 24.9 Å². The van der Waals surface area contributed by atoms with Crippen molar-refractivity contribution in [3.05, 3.63) is 56.7 Å². The highest BCUT2D eigenvalue weighted by Gasteiger charge is 2.27. The first-order valence-corrected chi connectivity index (χ1v) is 7.55. The number of nitrogens with zero attached hydrogens (tertiary/aromatic N) is 5. The third-order valence-corrected chi connectivity index (χ3v) is 3.94. The number of halogens is 1. The fourth-order valence-electron chi connectivity index (χ4n) is 2.54. The van der Waals surface area contributed by atoms with Crippen molar-refractivity contribution < 1.29 is 9.34 Å². The van der Waals surface area contributed by atoms with Gasteiger partial charge in [-0.25, -0.2) is 0 Å². The minimum atomic E-state index is -0.438. The predicted molar refractivity (Wildman–Crippen MR) is 86.9 cm³/mol. The van der Waals surface area contributed by atoms with Crippen molar-refractivity contribution in [2.45, 2.75) is 26.8 Å². The molecule has 1 aromatic carbocycles. The summed E-state index contributed by atoms with van der Waals surface area (Å²) in [6.45, 7) is 5.03. The maximum atomic E-state index is 11.1. The van der Waals surface area contributed by atoms with Gasteiger partial charge < -0.3 is 4.42 Å². The summed E-state index contributed by atoms with van der Waals surface area (Å²) in [6.07, 6.45) is 0. The van der Waals surface area contributed by atoms with Crippen molar-refractivity contribution in [1.82, 2.24) is 20.0 Å². The molecule has 9 heteroatoms. The van der Waals surface area contributed by atoms with Gasteiger partial charge in [0, 0.05) is 10.6 Å². The van der Waals surface area contributed by atoms with E-state index in [1.54, 1.807) is 39.0 Å². The second-order valence-corrected chi connectivity index (χ2v) is 5.79. The van der Waals surface area contributed by atoms with Crippen LogP contribution in [0.2, 0.25) is 5.02 Å². The number of aryl methyl sites for hydroxylation is 1. The number of aromatic nitrogens is 4. The molecule has 0 aliphatic carbocycles. The van der Waals surface area contributed by atoms with Gasteiger partial charge in [0.15, 0.2) is 0 Å². The first kappa shape index (κ1) is 16.1. The molecular formula is C15H14ClN5O3. The largest absolute Gasteiger partial charge is 0.418 e. The summed E-state index contributed by atoms with van der Waals surface area (Å²) < 4.78 is 7.21. The third-order valence-electron chi connectivity index (χ3n) is 3.71. The number of hydrogen-bond donors (Lipinski definition) is 0. The Kier molecular flexibility index (Phi) is 4.06. The summed E-state index contributed by atoms with van der Waals surface area (Å²) in [5.74, 6) is 0.640. The van der Waals surface area contributed by atoms with E-state index in [1.807, 2.05) is 6.07 Å². The Morgan fingerprint density at radius 1 is 1.33 bits per heavy atom. The monoisotopic (exact) mass is 347 g/mol. The Hall–Kier alpha value is -2.74. The van der Waals surface area contributed by atoms with Crippen molar-refractivity contribution >= 4 is 17.3 Å². The molecule has 0 saturated carbocycles. The summed E-state index contributed by atoms with van der Waals surface area (Å²) in [5.41, 5.74) is 1.48. The molecule has 1 atom stereocenters. The molecule has 0 unspecified atom stereocenters. The lowest BCUT2D eigenvalue weighted by molar-refractivity contribution is -0.386. The average molecular weight is 348 g/mol. The molecule has 0 fully saturated rings. The summed E-state index contributed by atoms with van der Waals surface area (Å²) in [5, 5.41) is 24.0. The Labute approximate surface area is 142 Å². The average Bonchev–Trinajstić information content (AvgIpc) is 3.11. The number of nitro groups is 1. The molecule has 0 bridgehead atoms. The van der Waals surface area contributed by atoms with Gasteiger partial charge >= 0.3 is 5.69 Å². The van der Waals surface area contributed by atoms with Crippen molar-refractivity contribution in [2.24, 2.45) is 0 Å². The molecule has 3 aromatic rings. The van der Waals surface area contributed by atoms with Gasteiger partial charge in [0.25, 0.3) is 0 Å². The second-order valence-electron chi connectivity index (χ2n) is 5.35. The first-order valence-electron chi connectivity index (χ1n) is 7.18. The SMILES string of the molecule is Cc1nn([C@H](C)c2nnc(-c3cccc(Cl)c3)o2)c(C)c1[N+](=O)[O-]. The van der Waals surface area contributed by atoms with Crippen LogP contribution in [0.1, 0.15) is 30.2 Å². The predicted octanol–water partition coefficient (Wildman–Crippen LogP) is 3.72. The Bertz CT molecular complexity index is 918. The van der Waals surface area contributed by atoms with Crippen LogP contribution in [0, 0.1) is 24.0 Å². The molecule has 124 valence electrons. The van der Waals surface area contributed by atoms with Crippen LogP contribution in [-0.2, 0) is 0 Å². The van der Waals surface area contributed by atoms with Crippen LogP contribution in [0.3, 0.4) is 0 Å². The molecule has 0 saturated heterocycles. The van der Waals surface area contributed by atoms with E-state index in [0.29, 0.717) is 33.8 Å². The summed E-state index contributed by atoms with van der Waals surface area (Å²) >= 11 is 5.96. The smallest absolute Gasteiger partial charge is 0.312 e. The fraction of sp³-hybridized carbons (Fsp3) is 0.267. The Morgan fingerprint density at radius 3 is 2.71 bits per heavy atom. The van der Waals surface area contributed by atoms with Crippen LogP contribution < -0.4 is 0 Å². The summed E-state index contributed by atoms with van der Waals surface area (Å²) in [7, 11) is 0. The van der Waals surface area contributed by atoms with Gasteiger partial charge in [0.1, 0.15) is 17.4 Å². The topological polar surface area (TPSA) is 99.9 Å². The molecule has 0 radical (unpaired) electrons. The molecule has 8 nitrogen and oxygen atoms in total. The van der Waals surface area contributed by atoms with Crippen molar-refractivity contribution in [2.75, 3.05) is 0 Å². The van der Waals surface area contributed by atoms with E-state index in [-0.39, 0.29) is 5.69 Å². The van der Waals surface area contributed by atoms with Crippen LogP contribution in [0.25, 0.3) is 11.5 Å². The maximum Gasteiger partial charge on any atom is 0.312 e. The lowest BCUT2D eigenvalue weighted by atomic mass is 10.2. The lowest BCUT2D eigenvalue weighted by Crippen LogP contribution is -2.11. The molecule has 0 aliphatic heterocycles. The zero-order valence-electron chi connectivity index (χ0n) is 13.2. The maximum absolute atomic E-state index is 11.1. The highest BCUT2D eigenvalue weighted by atomic mass is 35.5. The van der Waals surface area contributed by atoms with Crippen LogP contribution >= 0.6 is 11.6 Å². The van der Waals surface area contributed by atoms with Gasteiger partial charge in [0.05, 0.1) is 4.92 Å². The van der Waals surface area contributed by atoms with E-state index in [2.05, 4.69) is 15.3 Å². The Balaban J connectivity index is 1.96. The van der Waals surface area contributed by atoms with Gasteiger partial charge in [-0.2, -0.15) is 5.10 Å². The molecule has 0 amide bonds. The van der Waals surface area contributed by atoms with E-state index in [9.17, 15) is 10.1 Å². The lowest BCUT2D eigenvalue weighted by Gasteiger charge is -2.08. The summed E-state index contributed by atoms with van der Waals surface area (Å²) in [4.78, 5) is 10.7. The summed E-state index contributed by atoms with van der Waals surface area (Å²) in [6, 6.07) is 6.63. The van der Waals surface area contributed by atoms with Gasteiger partial charge in [-0.1, -0.05) is 17.7 Å². The Morgan fingerprint density at radius 2 is 2.08 bits per heavy atom. The molecule has 2 aromatic heterocycles. The van der Waals surface area contributed by atoms with E-state index in [4.69, 9.17) is 16.0 Å². The number of benzene rings is 1. The molecule has 0 N–H and O–H groups in total. The molecule has 3 rings (SSSR count). The minimum absolute atomic E-state index is 0.00331. The second kappa shape index (κ2) is 6.04. The van der Waals surface area contributed by atoms with Crippen molar-refractivity contribution in [3.63, 3.8) is 0 Å². The standard InChI is InChI=1S/C15H14ClN5O3/c1-8-13(21(22)23)9(2)20(19-8)10(3)14-17-18-15(24-14)11-5-4-6-12(16)7-11/h4-7,10H,1-3H3/t10-/m1/s1. The van der Waals surface area contributed by atoms with Crippen LogP contribution in [0.15, 0.2) is 28.7 Å². The molecule has 24 heavy (non-hydrogen) atoms. The van der Waals surface area contributed by atoms with E-state index in [1.165, 1.54) is 4.68 Å². The van der Waals surface area contributed by atoms with E-state index < -0.39 is 11.0 Å². The zero-order valence-corrected chi connectivity index (χ0v) is 14.0. The molecule has 0 spiro atoms. The zero-order chi connectivity index (χ0) is 17.4. The minimum Gasteiger partial charge on any atom is -0.418 e. The van der Waals surface area contributed by atoms with E-state index in [0.717, 1.165) is 0 Å². The quantitative estimate of drug-likeness (QED) is 0.526. The third kappa shape index (κ3) is 2.76. The highest BCUT2D eigenvalue weighted by Crippen LogP contribution is 2.29. The van der Waals surface area contributed by atoms with Crippen molar-refractivity contribution in [1.29, 1.82) is 0 Å². The number of rotatable bonds is 4. The van der Waals surface area contributed by atoms with Gasteiger partial charge in [0.2, 0.25) is 11.8 Å². The molecule has 2 heterocycles. The van der Waals surface area contributed by atoms with Crippen molar-refractivity contribution in [3.8, 4) is 11.5 Å². The number of hydrogen-bond acceptors (Lipinski definition) is 6. The molecular weight excluding hydrogens is 334 g/mol. The molecule has 0 aliphatic rings. The first-order chi connectivity index (χ1) is 11.4. The van der Waals surface area contributed by atoms with E-state index >= 15 is 0 Å². The van der Waals surface area contributed by atoms with Gasteiger partial charge in [-0.05, 0) is 39.0 Å². The normalized spacial score (nSPS) is 12.3. The van der Waals surface area contributed by atoms with Crippen LogP contribution in [0.4, 0.5) is 5.69 Å². The van der Waals surface area contributed by atoms with Gasteiger partial charge in [-0.3, -0.25) is 14.8 Å².